The minimum Gasteiger partial charge on any atom is -0.462 e. The van der Waals surface area contributed by atoms with E-state index in [-0.39, 0.29) is 5.97 Å². The zero-order valence-electron chi connectivity index (χ0n) is 8.81. The summed E-state index contributed by atoms with van der Waals surface area (Å²) in [5, 5.41) is 3.15. The lowest BCUT2D eigenvalue weighted by atomic mass is 10.2. The second-order valence-corrected chi connectivity index (χ2v) is 5.16. The molecular weight excluding hydrogens is 220 g/mol. The van der Waals surface area contributed by atoms with E-state index < -0.39 is 0 Å². The van der Waals surface area contributed by atoms with Gasteiger partial charge < -0.3 is 4.74 Å². The van der Waals surface area contributed by atoms with Gasteiger partial charge in [-0.3, -0.25) is 0 Å². The highest BCUT2D eigenvalue weighted by atomic mass is 32.1. The summed E-state index contributed by atoms with van der Waals surface area (Å²) >= 11 is 1.68. The Hall–Kier alpha value is -1.35. The lowest BCUT2D eigenvalue weighted by Crippen LogP contribution is -2.07. The van der Waals surface area contributed by atoms with Crippen molar-refractivity contribution in [3.8, 4) is 0 Å². The first-order valence-corrected chi connectivity index (χ1v) is 6.35. The van der Waals surface area contributed by atoms with Crippen LogP contribution >= 0.6 is 11.3 Å². The highest BCUT2D eigenvalue weighted by Gasteiger charge is 2.23. The van der Waals surface area contributed by atoms with E-state index in [1.165, 1.54) is 17.5 Å². The number of esters is 1. The van der Waals surface area contributed by atoms with E-state index in [2.05, 4.69) is 0 Å². The van der Waals surface area contributed by atoms with Gasteiger partial charge in [0.05, 0.1) is 12.2 Å². The first-order valence-electron chi connectivity index (χ1n) is 5.47. The van der Waals surface area contributed by atoms with Crippen LogP contribution in [0.2, 0.25) is 0 Å². The van der Waals surface area contributed by atoms with Gasteiger partial charge in [-0.05, 0) is 53.8 Å². The Morgan fingerprint density at radius 1 is 1.38 bits per heavy atom. The highest BCUT2D eigenvalue weighted by molar-refractivity contribution is 7.17. The molecule has 0 spiro atoms. The predicted molar refractivity (Wildman–Crippen MR) is 64.8 cm³/mol. The third-order valence-electron chi connectivity index (χ3n) is 2.84. The molecule has 1 heterocycles. The molecule has 2 nitrogen and oxygen atoms in total. The van der Waals surface area contributed by atoms with E-state index in [0.717, 1.165) is 5.39 Å². The molecule has 1 aromatic heterocycles. The molecule has 0 aliphatic heterocycles. The van der Waals surface area contributed by atoms with Crippen molar-refractivity contribution in [2.24, 2.45) is 5.92 Å². The number of benzene rings is 1. The van der Waals surface area contributed by atoms with Crippen molar-refractivity contribution >= 4 is 27.4 Å². The Balaban J connectivity index is 1.78. The van der Waals surface area contributed by atoms with Gasteiger partial charge in [0, 0.05) is 4.70 Å². The Kier molecular flexibility index (Phi) is 2.40. The molecule has 1 aliphatic carbocycles. The fraction of sp³-hybridized carbons (Fsp3) is 0.308. The number of thiophene rings is 1. The van der Waals surface area contributed by atoms with E-state index in [0.29, 0.717) is 18.1 Å². The van der Waals surface area contributed by atoms with Crippen LogP contribution in [0.1, 0.15) is 23.2 Å². The first-order chi connectivity index (χ1) is 7.83. The largest absolute Gasteiger partial charge is 0.462 e. The number of hydrogen-bond acceptors (Lipinski definition) is 3. The quantitative estimate of drug-likeness (QED) is 0.757. The lowest BCUT2D eigenvalue weighted by molar-refractivity contribution is 0.0486. The van der Waals surface area contributed by atoms with Crippen LogP contribution in [-0.2, 0) is 4.74 Å². The van der Waals surface area contributed by atoms with Crippen molar-refractivity contribution in [1.82, 2.24) is 0 Å². The van der Waals surface area contributed by atoms with Crippen LogP contribution in [0.5, 0.6) is 0 Å². The summed E-state index contributed by atoms with van der Waals surface area (Å²) in [5.41, 5.74) is 0.659. The summed E-state index contributed by atoms with van der Waals surface area (Å²) in [7, 11) is 0. The van der Waals surface area contributed by atoms with Gasteiger partial charge >= 0.3 is 5.97 Å². The van der Waals surface area contributed by atoms with Crippen LogP contribution < -0.4 is 0 Å². The second kappa shape index (κ2) is 3.91. The summed E-state index contributed by atoms with van der Waals surface area (Å²) in [6.07, 6.45) is 2.41. The molecule has 0 N–H and O–H groups in total. The van der Waals surface area contributed by atoms with Gasteiger partial charge in [0.15, 0.2) is 0 Å². The number of carbonyl (C=O) groups is 1. The summed E-state index contributed by atoms with van der Waals surface area (Å²) in [6.45, 7) is 0.584. The standard InChI is InChI=1S/C13H12O2S/c14-13(15-8-9-1-2-9)11-3-4-12-10(7-11)5-6-16-12/h3-7,9H,1-2,8H2. The smallest absolute Gasteiger partial charge is 0.338 e. The molecule has 82 valence electrons. The molecule has 2 aromatic rings. The van der Waals surface area contributed by atoms with Crippen LogP contribution in [0.15, 0.2) is 29.6 Å². The van der Waals surface area contributed by atoms with Gasteiger partial charge in [0.2, 0.25) is 0 Å². The zero-order valence-corrected chi connectivity index (χ0v) is 9.63. The molecule has 16 heavy (non-hydrogen) atoms. The molecule has 3 rings (SSSR count). The molecular formula is C13H12O2S. The van der Waals surface area contributed by atoms with Gasteiger partial charge in [-0.25, -0.2) is 4.79 Å². The maximum atomic E-state index is 11.7. The van der Waals surface area contributed by atoms with Gasteiger partial charge in [-0.1, -0.05) is 0 Å². The molecule has 0 saturated heterocycles. The molecule has 0 unspecified atom stereocenters. The van der Waals surface area contributed by atoms with Crippen LogP contribution in [-0.4, -0.2) is 12.6 Å². The molecule has 3 heteroatoms. The average molecular weight is 232 g/mol. The highest BCUT2D eigenvalue weighted by Crippen LogP contribution is 2.29. The summed E-state index contributed by atoms with van der Waals surface area (Å²) in [6, 6.07) is 7.75. The fourth-order valence-electron chi connectivity index (χ4n) is 1.66. The monoisotopic (exact) mass is 232 g/mol. The topological polar surface area (TPSA) is 26.3 Å². The van der Waals surface area contributed by atoms with Crippen molar-refractivity contribution in [3.05, 3.63) is 35.2 Å². The van der Waals surface area contributed by atoms with Gasteiger partial charge in [-0.2, -0.15) is 0 Å². The van der Waals surface area contributed by atoms with Crippen LogP contribution in [0, 0.1) is 5.92 Å². The number of carbonyl (C=O) groups excluding carboxylic acids is 1. The van der Waals surface area contributed by atoms with E-state index in [4.69, 9.17) is 4.74 Å². The van der Waals surface area contributed by atoms with Crippen molar-refractivity contribution < 1.29 is 9.53 Å². The number of fused-ring (bicyclic) bond motifs is 1. The molecule has 1 aromatic carbocycles. The van der Waals surface area contributed by atoms with Gasteiger partial charge in [0.1, 0.15) is 0 Å². The van der Waals surface area contributed by atoms with E-state index in [9.17, 15) is 4.79 Å². The Morgan fingerprint density at radius 3 is 3.06 bits per heavy atom. The molecule has 0 atom stereocenters. The van der Waals surface area contributed by atoms with E-state index in [1.54, 1.807) is 11.3 Å². The normalized spacial score (nSPS) is 15.2. The Labute approximate surface area is 97.8 Å². The molecule has 0 amide bonds. The third-order valence-corrected chi connectivity index (χ3v) is 3.73. The average Bonchev–Trinajstić information content (AvgIpc) is 3.01. The predicted octanol–water partition coefficient (Wildman–Crippen LogP) is 3.47. The lowest BCUT2D eigenvalue weighted by Gasteiger charge is -2.03. The fourth-order valence-corrected chi connectivity index (χ4v) is 2.43. The van der Waals surface area contributed by atoms with E-state index >= 15 is 0 Å². The van der Waals surface area contributed by atoms with Crippen molar-refractivity contribution in [1.29, 1.82) is 0 Å². The maximum Gasteiger partial charge on any atom is 0.338 e. The van der Waals surface area contributed by atoms with Crippen molar-refractivity contribution in [2.45, 2.75) is 12.8 Å². The SMILES string of the molecule is O=C(OCC1CC1)c1ccc2sccc2c1. The molecule has 1 aliphatic rings. The first kappa shape index (κ1) is 9.85. The van der Waals surface area contributed by atoms with Crippen LogP contribution in [0.3, 0.4) is 0 Å². The van der Waals surface area contributed by atoms with Gasteiger partial charge in [-0.15, -0.1) is 11.3 Å². The number of ether oxygens (including phenoxy) is 1. The number of rotatable bonds is 3. The maximum absolute atomic E-state index is 11.7. The van der Waals surface area contributed by atoms with Crippen molar-refractivity contribution in [3.63, 3.8) is 0 Å². The molecule has 0 radical (unpaired) electrons. The minimum absolute atomic E-state index is 0.194. The van der Waals surface area contributed by atoms with E-state index in [1.807, 2.05) is 29.6 Å². The minimum atomic E-state index is -0.194. The molecule has 0 bridgehead atoms. The second-order valence-electron chi connectivity index (χ2n) is 4.22. The summed E-state index contributed by atoms with van der Waals surface area (Å²) in [4.78, 5) is 11.7. The third kappa shape index (κ3) is 1.95. The Bertz CT molecular complexity index is 525. The zero-order chi connectivity index (χ0) is 11.0. The molecule has 1 fully saturated rings. The molecule has 1 saturated carbocycles. The summed E-state index contributed by atoms with van der Waals surface area (Å²) < 4.78 is 6.45. The van der Waals surface area contributed by atoms with Crippen LogP contribution in [0.4, 0.5) is 0 Å². The Morgan fingerprint density at radius 2 is 2.25 bits per heavy atom. The van der Waals surface area contributed by atoms with Gasteiger partial charge in [0.25, 0.3) is 0 Å². The van der Waals surface area contributed by atoms with Crippen molar-refractivity contribution in [2.75, 3.05) is 6.61 Å². The summed E-state index contributed by atoms with van der Waals surface area (Å²) in [5.74, 6) is 0.425. The number of hydrogen-bond donors (Lipinski definition) is 0. The van der Waals surface area contributed by atoms with Crippen LogP contribution in [0.25, 0.3) is 10.1 Å².